The van der Waals surface area contributed by atoms with E-state index < -0.39 is 10.8 Å². The maximum Gasteiger partial charge on any atom is 0.305 e. The first kappa shape index (κ1) is 21.4. The van der Waals surface area contributed by atoms with Gasteiger partial charge in [0.1, 0.15) is 0 Å². The Morgan fingerprint density at radius 3 is 2.32 bits per heavy atom. The molecule has 0 spiro atoms. The topological polar surface area (TPSA) is 43.4 Å². The third kappa shape index (κ3) is 15.7. The summed E-state index contributed by atoms with van der Waals surface area (Å²) in [6, 6.07) is 0. The Bertz CT molecular complexity index is 313. The molecule has 4 heteroatoms. The number of hydrogen-bond donors (Lipinski definition) is 0. The number of carbonyl (C=O) groups is 1. The van der Waals surface area contributed by atoms with Crippen LogP contribution in [-0.2, 0) is 20.3 Å². The van der Waals surface area contributed by atoms with Crippen molar-refractivity contribution in [1.29, 1.82) is 0 Å². The molecule has 1 unspecified atom stereocenters. The van der Waals surface area contributed by atoms with Crippen molar-refractivity contribution in [3.63, 3.8) is 0 Å². The number of rotatable bonds is 15. The second-order valence-corrected chi connectivity index (χ2v) is 7.39. The van der Waals surface area contributed by atoms with E-state index in [2.05, 4.69) is 23.8 Å². The Morgan fingerprint density at radius 2 is 1.59 bits per heavy atom. The summed E-state index contributed by atoms with van der Waals surface area (Å²) in [4.78, 5) is 10.9. The fourth-order valence-corrected chi connectivity index (χ4v) is 3.34. The summed E-state index contributed by atoms with van der Waals surface area (Å²) in [7, 11) is 0.648. The van der Waals surface area contributed by atoms with Gasteiger partial charge in [0.15, 0.2) is 0 Å². The van der Waals surface area contributed by atoms with E-state index in [9.17, 15) is 9.00 Å². The minimum atomic E-state index is -0.753. The van der Waals surface area contributed by atoms with E-state index in [1.54, 1.807) is 0 Å². The molecule has 0 amide bonds. The summed E-state index contributed by atoms with van der Waals surface area (Å²) < 4.78 is 16.3. The molecule has 0 aliphatic rings. The molecule has 0 heterocycles. The normalized spacial score (nSPS) is 12.6. The van der Waals surface area contributed by atoms with Gasteiger partial charge < -0.3 is 4.74 Å². The van der Waals surface area contributed by atoms with Gasteiger partial charge in [0.2, 0.25) is 0 Å². The Hall–Kier alpha value is -0.640. The molecule has 0 fully saturated rings. The second kappa shape index (κ2) is 16.7. The van der Waals surface area contributed by atoms with Crippen LogP contribution < -0.4 is 0 Å². The average molecular weight is 331 g/mol. The molecule has 0 aliphatic carbocycles. The summed E-state index contributed by atoms with van der Waals surface area (Å²) in [6.07, 6.45) is 16.5. The van der Waals surface area contributed by atoms with Crippen LogP contribution in [0.5, 0.6) is 0 Å². The molecular formula is C18H34O3S. The first-order chi connectivity index (χ1) is 10.7. The van der Waals surface area contributed by atoms with Gasteiger partial charge in [-0.1, -0.05) is 51.2 Å². The molecule has 0 radical (unpaired) electrons. The van der Waals surface area contributed by atoms with Crippen molar-refractivity contribution in [3.8, 4) is 0 Å². The lowest BCUT2D eigenvalue weighted by molar-refractivity contribution is -0.140. The molecule has 0 saturated carbocycles. The van der Waals surface area contributed by atoms with Crippen molar-refractivity contribution in [3.05, 3.63) is 12.2 Å². The van der Waals surface area contributed by atoms with Crippen LogP contribution in [0.4, 0.5) is 0 Å². The van der Waals surface area contributed by atoms with E-state index in [1.807, 2.05) is 0 Å². The third-order valence-corrected chi connectivity index (χ3v) is 5.07. The van der Waals surface area contributed by atoms with Crippen molar-refractivity contribution < 1.29 is 13.7 Å². The largest absolute Gasteiger partial charge is 0.469 e. The van der Waals surface area contributed by atoms with E-state index in [-0.39, 0.29) is 5.97 Å². The van der Waals surface area contributed by atoms with Gasteiger partial charge >= 0.3 is 5.97 Å². The zero-order valence-electron chi connectivity index (χ0n) is 14.5. The quantitative estimate of drug-likeness (QED) is 0.247. The molecule has 0 aromatic heterocycles. The van der Waals surface area contributed by atoms with Crippen LogP contribution in [0.1, 0.15) is 77.6 Å². The van der Waals surface area contributed by atoms with Gasteiger partial charge in [-0.15, -0.1) is 0 Å². The lowest BCUT2D eigenvalue weighted by atomic mass is 10.1. The third-order valence-electron chi connectivity index (χ3n) is 3.63. The lowest BCUT2D eigenvalue weighted by Crippen LogP contribution is -2.04. The van der Waals surface area contributed by atoms with E-state index in [4.69, 9.17) is 0 Å². The number of unbranched alkanes of at least 4 members (excludes halogenated alkanes) is 7. The van der Waals surface area contributed by atoms with Crippen molar-refractivity contribution in [2.24, 2.45) is 0 Å². The van der Waals surface area contributed by atoms with E-state index in [1.165, 1.54) is 45.6 Å². The highest BCUT2D eigenvalue weighted by Crippen LogP contribution is 2.07. The van der Waals surface area contributed by atoms with Crippen molar-refractivity contribution in [2.45, 2.75) is 77.6 Å². The standard InChI is InChI=1S/C18H34O3S/c1-3-4-5-6-7-8-9-10-11-13-16-22(20)17-14-12-15-18(19)21-2/h10-11H,3-9,12-17H2,1-2H3/b11-10+. The SMILES string of the molecule is CCCCCCCC/C=C/CCS(=O)CCCCC(=O)OC. The van der Waals surface area contributed by atoms with Crippen LogP contribution in [0.15, 0.2) is 12.2 Å². The Balaban J connectivity index is 3.33. The summed E-state index contributed by atoms with van der Waals surface area (Å²) in [5, 5.41) is 0. The average Bonchev–Trinajstić information content (AvgIpc) is 2.53. The molecule has 0 bridgehead atoms. The monoisotopic (exact) mass is 330 g/mol. The van der Waals surface area contributed by atoms with Crippen LogP contribution in [0.25, 0.3) is 0 Å². The number of carbonyl (C=O) groups excluding carboxylic acids is 1. The number of allylic oxidation sites excluding steroid dienone is 2. The fraction of sp³-hybridized carbons (Fsp3) is 0.833. The summed E-state index contributed by atoms with van der Waals surface area (Å²) in [6.45, 7) is 2.24. The molecular weight excluding hydrogens is 296 g/mol. The molecule has 0 aliphatic heterocycles. The maximum absolute atomic E-state index is 11.8. The smallest absolute Gasteiger partial charge is 0.305 e. The van der Waals surface area contributed by atoms with Crippen LogP contribution in [-0.4, -0.2) is 28.8 Å². The van der Waals surface area contributed by atoms with Gasteiger partial charge in [-0.3, -0.25) is 9.00 Å². The van der Waals surface area contributed by atoms with Crippen molar-refractivity contribution in [1.82, 2.24) is 0 Å². The van der Waals surface area contributed by atoms with Gasteiger partial charge in [-0.05, 0) is 32.1 Å². The summed E-state index contributed by atoms with van der Waals surface area (Å²) in [5.41, 5.74) is 0. The Kier molecular flexibility index (Phi) is 16.2. The molecule has 130 valence electrons. The van der Waals surface area contributed by atoms with E-state index in [0.717, 1.165) is 31.4 Å². The molecule has 0 rings (SSSR count). The van der Waals surface area contributed by atoms with Crippen LogP contribution in [0.3, 0.4) is 0 Å². The van der Waals surface area contributed by atoms with Crippen LogP contribution in [0, 0.1) is 0 Å². The lowest BCUT2D eigenvalue weighted by Gasteiger charge is -2.01. The van der Waals surface area contributed by atoms with Gasteiger partial charge in [-0.2, -0.15) is 0 Å². The zero-order valence-corrected chi connectivity index (χ0v) is 15.3. The number of methoxy groups -OCH3 is 1. The summed E-state index contributed by atoms with van der Waals surface area (Å²) >= 11 is 0. The molecule has 3 nitrogen and oxygen atoms in total. The summed E-state index contributed by atoms with van der Waals surface area (Å²) in [5.74, 6) is 1.26. The number of esters is 1. The van der Waals surface area contributed by atoms with Gasteiger partial charge in [0.05, 0.1) is 7.11 Å². The highest BCUT2D eigenvalue weighted by atomic mass is 32.2. The molecule has 0 saturated heterocycles. The first-order valence-corrected chi connectivity index (χ1v) is 10.3. The molecule has 22 heavy (non-hydrogen) atoms. The van der Waals surface area contributed by atoms with E-state index >= 15 is 0 Å². The van der Waals surface area contributed by atoms with Crippen molar-refractivity contribution in [2.75, 3.05) is 18.6 Å². The maximum atomic E-state index is 11.8. The van der Waals surface area contributed by atoms with Crippen LogP contribution in [0.2, 0.25) is 0 Å². The number of hydrogen-bond acceptors (Lipinski definition) is 3. The molecule has 1 atom stereocenters. The highest BCUT2D eigenvalue weighted by Gasteiger charge is 2.02. The van der Waals surface area contributed by atoms with Gasteiger partial charge in [0, 0.05) is 28.7 Å². The predicted molar refractivity (Wildman–Crippen MR) is 95.5 cm³/mol. The zero-order chi connectivity index (χ0) is 16.5. The minimum absolute atomic E-state index is 0.177. The van der Waals surface area contributed by atoms with E-state index in [0.29, 0.717) is 12.2 Å². The highest BCUT2D eigenvalue weighted by molar-refractivity contribution is 7.84. The minimum Gasteiger partial charge on any atom is -0.469 e. The van der Waals surface area contributed by atoms with Crippen LogP contribution >= 0.6 is 0 Å². The van der Waals surface area contributed by atoms with Gasteiger partial charge in [-0.25, -0.2) is 0 Å². The first-order valence-electron chi connectivity index (χ1n) is 8.77. The molecule has 0 N–H and O–H groups in total. The Labute approximate surface area is 139 Å². The predicted octanol–water partition coefficient (Wildman–Crippen LogP) is 4.78. The molecule has 0 aromatic rings. The fourth-order valence-electron chi connectivity index (χ4n) is 2.21. The second-order valence-electron chi connectivity index (χ2n) is 5.70. The molecule has 0 aromatic carbocycles. The Morgan fingerprint density at radius 1 is 0.909 bits per heavy atom. The van der Waals surface area contributed by atoms with Gasteiger partial charge in [0.25, 0.3) is 0 Å². The van der Waals surface area contributed by atoms with Crippen molar-refractivity contribution >= 4 is 16.8 Å². The number of ether oxygens (including phenoxy) is 1.